The molecular weight excluding hydrogens is 444 g/mol. The largest absolute Gasteiger partial charge is 0.480 e. The maximum absolute atomic E-state index is 13.4. The zero-order chi connectivity index (χ0) is 24.4. The molecule has 35 heavy (non-hydrogen) atoms. The fourth-order valence-corrected chi connectivity index (χ4v) is 4.81. The fourth-order valence-electron chi connectivity index (χ4n) is 4.81. The number of ether oxygens (including phenoxy) is 1. The average Bonchev–Trinajstić information content (AvgIpc) is 3.18. The first-order valence-corrected chi connectivity index (χ1v) is 11.7. The van der Waals surface area contributed by atoms with Crippen LogP contribution >= 0.6 is 0 Å². The summed E-state index contributed by atoms with van der Waals surface area (Å²) >= 11 is 0. The van der Waals surface area contributed by atoms with Gasteiger partial charge in [0.05, 0.1) is 18.4 Å². The van der Waals surface area contributed by atoms with Crippen LogP contribution < -0.4 is 15.0 Å². The summed E-state index contributed by atoms with van der Waals surface area (Å²) in [6.07, 6.45) is 3.68. The van der Waals surface area contributed by atoms with Crippen molar-refractivity contribution in [3.8, 4) is 5.88 Å². The highest BCUT2D eigenvalue weighted by atomic mass is 16.5. The minimum Gasteiger partial charge on any atom is -0.480 e. The molecule has 0 saturated carbocycles. The minimum atomic E-state index is -0.442. The predicted octanol–water partition coefficient (Wildman–Crippen LogP) is 4.40. The predicted molar refractivity (Wildman–Crippen MR) is 131 cm³/mol. The van der Waals surface area contributed by atoms with Gasteiger partial charge in [0, 0.05) is 30.3 Å². The van der Waals surface area contributed by atoms with Crippen LogP contribution in [0.2, 0.25) is 0 Å². The molecule has 3 aromatic rings. The van der Waals surface area contributed by atoms with Crippen molar-refractivity contribution in [2.75, 3.05) is 23.9 Å². The highest BCUT2D eigenvalue weighted by Crippen LogP contribution is 2.45. The van der Waals surface area contributed by atoms with Crippen molar-refractivity contribution in [3.63, 3.8) is 0 Å². The summed E-state index contributed by atoms with van der Waals surface area (Å²) in [5.41, 5.74) is 3.22. The molecule has 1 aromatic heterocycles. The maximum atomic E-state index is 13.4. The Balaban J connectivity index is 1.23. The number of rotatable bonds is 8. The van der Waals surface area contributed by atoms with Crippen LogP contribution in [0, 0.1) is 0 Å². The topological polar surface area (TPSA) is 91.8 Å². The molecule has 2 aliphatic rings. The molecular formula is C27H26N4O4. The van der Waals surface area contributed by atoms with E-state index in [9.17, 15) is 14.4 Å². The molecule has 3 amide bonds. The summed E-state index contributed by atoms with van der Waals surface area (Å²) in [6, 6.07) is 18.2. The lowest BCUT2D eigenvalue weighted by molar-refractivity contribution is -0.116. The Morgan fingerprint density at radius 3 is 2.54 bits per heavy atom. The average molecular weight is 471 g/mol. The molecule has 0 saturated heterocycles. The number of methoxy groups -OCH3 is 1. The van der Waals surface area contributed by atoms with Crippen LogP contribution in [0.5, 0.6) is 5.88 Å². The number of anilines is 2. The van der Waals surface area contributed by atoms with E-state index in [1.165, 1.54) is 7.11 Å². The second-order valence-electron chi connectivity index (χ2n) is 8.57. The van der Waals surface area contributed by atoms with Crippen molar-refractivity contribution >= 4 is 29.1 Å². The standard InChI is InChI=1S/C27H26N4O4/c1-35-24-21(13-9-16-28-24)29-23(32)15-3-2-8-17-30-25-18-10-4-5-11-19(18)27(34)31(25)22-14-7-6-12-20(22)26(30)33/h4-7,9-14,16,25H,2-3,8,15,17H2,1H3,(H,29,32)/t25-/m1/s1. The van der Waals surface area contributed by atoms with Crippen LogP contribution in [-0.2, 0) is 4.79 Å². The minimum absolute atomic E-state index is 0.0761. The van der Waals surface area contributed by atoms with Crippen LogP contribution in [0.1, 0.15) is 58.1 Å². The first-order valence-electron chi connectivity index (χ1n) is 11.7. The van der Waals surface area contributed by atoms with Crippen LogP contribution in [-0.4, -0.2) is 41.3 Å². The number of pyridine rings is 1. The lowest BCUT2D eigenvalue weighted by Gasteiger charge is -2.41. The highest BCUT2D eigenvalue weighted by molar-refractivity contribution is 6.16. The van der Waals surface area contributed by atoms with Crippen molar-refractivity contribution in [2.24, 2.45) is 0 Å². The first kappa shape index (κ1) is 22.6. The van der Waals surface area contributed by atoms with Gasteiger partial charge in [-0.1, -0.05) is 36.8 Å². The van der Waals surface area contributed by atoms with Gasteiger partial charge in [0.1, 0.15) is 11.9 Å². The summed E-state index contributed by atoms with van der Waals surface area (Å²) < 4.78 is 5.17. The molecule has 0 aliphatic carbocycles. The van der Waals surface area contributed by atoms with E-state index in [0.29, 0.717) is 47.8 Å². The summed E-state index contributed by atoms with van der Waals surface area (Å²) in [6.45, 7) is 0.494. The Morgan fingerprint density at radius 1 is 0.943 bits per heavy atom. The van der Waals surface area contributed by atoms with Crippen molar-refractivity contribution < 1.29 is 19.1 Å². The van der Waals surface area contributed by atoms with Crippen molar-refractivity contribution in [1.82, 2.24) is 9.88 Å². The number of benzene rings is 2. The fraction of sp³-hybridized carbons (Fsp3) is 0.259. The number of fused-ring (bicyclic) bond motifs is 5. The summed E-state index contributed by atoms with van der Waals surface area (Å²) in [7, 11) is 1.51. The number of unbranched alkanes of at least 4 members (excludes halogenated alkanes) is 2. The van der Waals surface area contributed by atoms with E-state index in [4.69, 9.17) is 4.74 Å². The molecule has 2 aliphatic heterocycles. The van der Waals surface area contributed by atoms with Crippen molar-refractivity contribution in [1.29, 1.82) is 0 Å². The van der Waals surface area contributed by atoms with Gasteiger partial charge in [0.25, 0.3) is 11.8 Å². The van der Waals surface area contributed by atoms with E-state index in [1.54, 1.807) is 34.2 Å². The molecule has 178 valence electrons. The van der Waals surface area contributed by atoms with E-state index >= 15 is 0 Å². The normalized spacial score (nSPS) is 16.0. The van der Waals surface area contributed by atoms with Gasteiger partial charge < -0.3 is 15.0 Å². The van der Waals surface area contributed by atoms with E-state index in [1.807, 2.05) is 42.5 Å². The zero-order valence-electron chi connectivity index (χ0n) is 19.4. The molecule has 0 spiro atoms. The van der Waals surface area contributed by atoms with Gasteiger partial charge >= 0.3 is 0 Å². The van der Waals surface area contributed by atoms with Crippen LogP contribution in [0.4, 0.5) is 11.4 Å². The Morgan fingerprint density at radius 2 is 1.71 bits per heavy atom. The number of para-hydroxylation sites is 1. The Bertz CT molecular complexity index is 1290. The monoisotopic (exact) mass is 470 g/mol. The second kappa shape index (κ2) is 9.58. The molecule has 2 aromatic carbocycles. The molecule has 0 bridgehead atoms. The molecule has 5 rings (SSSR count). The van der Waals surface area contributed by atoms with Gasteiger partial charge in [-0.15, -0.1) is 0 Å². The van der Waals surface area contributed by atoms with E-state index < -0.39 is 6.17 Å². The number of hydrogen-bond donors (Lipinski definition) is 1. The zero-order valence-corrected chi connectivity index (χ0v) is 19.4. The smallest absolute Gasteiger partial charge is 0.260 e. The molecule has 1 atom stereocenters. The molecule has 3 heterocycles. The van der Waals surface area contributed by atoms with Crippen molar-refractivity contribution in [2.45, 2.75) is 31.8 Å². The van der Waals surface area contributed by atoms with Gasteiger partial charge in [0.2, 0.25) is 11.8 Å². The third kappa shape index (κ3) is 4.12. The SMILES string of the molecule is COc1ncccc1NC(=O)CCCCCN1C(=O)c2ccccc2N2C(=O)c3ccccc3[C@H]12. The third-order valence-corrected chi connectivity index (χ3v) is 6.42. The summed E-state index contributed by atoms with van der Waals surface area (Å²) in [4.78, 5) is 46.6. The van der Waals surface area contributed by atoms with E-state index in [0.717, 1.165) is 18.4 Å². The lowest BCUT2D eigenvalue weighted by Crippen LogP contribution is -2.48. The number of carbonyl (C=O) groups is 3. The number of amides is 3. The molecule has 8 heteroatoms. The van der Waals surface area contributed by atoms with Crippen molar-refractivity contribution in [3.05, 3.63) is 83.6 Å². The van der Waals surface area contributed by atoms with E-state index in [-0.39, 0.29) is 17.7 Å². The first-order chi connectivity index (χ1) is 17.1. The van der Waals surface area contributed by atoms with Crippen LogP contribution in [0.3, 0.4) is 0 Å². The quantitative estimate of drug-likeness (QED) is 0.493. The van der Waals surface area contributed by atoms with Crippen LogP contribution in [0.25, 0.3) is 0 Å². The van der Waals surface area contributed by atoms with Gasteiger partial charge in [-0.25, -0.2) is 4.98 Å². The third-order valence-electron chi connectivity index (χ3n) is 6.42. The molecule has 0 radical (unpaired) electrons. The van der Waals surface area contributed by atoms with Crippen LogP contribution in [0.15, 0.2) is 66.9 Å². The lowest BCUT2D eigenvalue weighted by atomic mass is 10.0. The second-order valence-corrected chi connectivity index (χ2v) is 8.57. The Kier molecular flexibility index (Phi) is 6.18. The number of nitrogens with one attached hydrogen (secondary N) is 1. The number of nitrogens with zero attached hydrogens (tertiary/aromatic N) is 3. The Hall–Kier alpha value is -4.20. The summed E-state index contributed by atoms with van der Waals surface area (Å²) in [5.74, 6) is 0.104. The maximum Gasteiger partial charge on any atom is 0.260 e. The molecule has 1 N–H and O–H groups in total. The Labute approximate surface area is 203 Å². The molecule has 0 fully saturated rings. The number of aromatic nitrogens is 1. The molecule has 0 unspecified atom stereocenters. The van der Waals surface area contributed by atoms with Gasteiger partial charge in [-0.05, 0) is 43.2 Å². The van der Waals surface area contributed by atoms with Gasteiger partial charge in [0.15, 0.2) is 0 Å². The molecule has 8 nitrogen and oxygen atoms in total. The summed E-state index contributed by atoms with van der Waals surface area (Å²) in [5, 5.41) is 2.83. The number of hydrogen-bond acceptors (Lipinski definition) is 5. The van der Waals surface area contributed by atoms with Gasteiger partial charge in [-0.3, -0.25) is 19.3 Å². The van der Waals surface area contributed by atoms with Gasteiger partial charge in [-0.2, -0.15) is 0 Å². The highest BCUT2D eigenvalue weighted by Gasteiger charge is 2.47. The van der Waals surface area contributed by atoms with E-state index in [2.05, 4.69) is 10.3 Å². The number of carbonyl (C=O) groups excluding carboxylic acids is 3.